The molecule has 0 fully saturated rings. The van der Waals surface area contributed by atoms with Gasteiger partial charge in [-0.15, -0.1) is 0 Å². The highest BCUT2D eigenvalue weighted by Crippen LogP contribution is 2.37. The number of aliphatic carboxylic acids is 1. The second-order valence-electron chi connectivity index (χ2n) is 5.80. The number of nitrogens with zero attached hydrogens (tertiary/aromatic N) is 2. The first-order valence-corrected chi connectivity index (χ1v) is 7.71. The Morgan fingerprint density at radius 1 is 1.25 bits per heavy atom. The maximum absolute atomic E-state index is 11.0. The van der Waals surface area contributed by atoms with Crippen molar-refractivity contribution in [2.75, 3.05) is 6.79 Å². The van der Waals surface area contributed by atoms with Crippen molar-refractivity contribution in [1.82, 2.24) is 9.38 Å². The third-order valence-electron chi connectivity index (χ3n) is 4.10. The molecule has 3 aromatic rings. The Hall–Kier alpha value is -3.02. The van der Waals surface area contributed by atoms with Crippen LogP contribution in [0.5, 0.6) is 11.5 Å². The van der Waals surface area contributed by atoms with E-state index >= 15 is 0 Å². The van der Waals surface area contributed by atoms with Gasteiger partial charge in [0.15, 0.2) is 11.5 Å². The number of hydrogen-bond acceptors (Lipinski definition) is 4. The third-order valence-corrected chi connectivity index (χ3v) is 4.10. The Labute approximate surface area is 138 Å². The zero-order valence-electron chi connectivity index (χ0n) is 13.2. The standard InChI is InChI=1S/C18H16N2O4/c1-11-6-7-20-13(3-5-17(21)22)18(19-16(20)8-11)12-2-4-14-15(9-12)24-10-23-14/h2,4,6-9H,3,5,10H2,1H3,(H,21,22). The summed E-state index contributed by atoms with van der Waals surface area (Å²) in [7, 11) is 0. The fourth-order valence-electron chi connectivity index (χ4n) is 2.94. The predicted octanol–water partition coefficient (Wildman–Crippen LogP) is 3.06. The van der Waals surface area contributed by atoms with Gasteiger partial charge in [0.1, 0.15) is 5.65 Å². The quantitative estimate of drug-likeness (QED) is 0.798. The summed E-state index contributed by atoms with van der Waals surface area (Å²) in [5.74, 6) is 0.573. The van der Waals surface area contributed by atoms with E-state index < -0.39 is 5.97 Å². The summed E-state index contributed by atoms with van der Waals surface area (Å²) in [6, 6.07) is 9.64. The summed E-state index contributed by atoms with van der Waals surface area (Å²) in [4.78, 5) is 15.7. The molecule has 0 saturated heterocycles. The van der Waals surface area contributed by atoms with Gasteiger partial charge in [-0.3, -0.25) is 4.79 Å². The summed E-state index contributed by atoms with van der Waals surface area (Å²) < 4.78 is 12.7. The number of carboxylic acids is 1. The van der Waals surface area contributed by atoms with E-state index in [0.29, 0.717) is 17.9 Å². The molecule has 0 bridgehead atoms. The highest BCUT2D eigenvalue weighted by Gasteiger charge is 2.19. The SMILES string of the molecule is Cc1ccn2c(CCC(=O)O)c(-c3ccc4c(c3)OCO4)nc2c1. The number of pyridine rings is 1. The highest BCUT2D eigenvalue weighted by molar-refractivity contribution is 5.72. The average Bonchev–Trinajstić information content (AvgIpc) is 3.15. The van der Waals surface area contributed by atoms with Crippen LogP contribution in [-0.2, 0) is 11.2 Å². The molecule has 1 aliphatic heterocycles. The van der Waals surface area contributed by atoms with Crippen LogP contribution in [0.2, 0.25) is 0 Å². The van der Waals surface area contributed by atoms with Gasteiger partial charge >= 0.3 is 5.97 Å². The molecule has 1 aliphatic rings. The van der Waals surface area contributed by atoms with Crippen molar-refractivity contribution in [3.8, 4) is 22.8 Å². The Morgan fingerprint density at radius 2 is 2.08 bits per heavy atom. The van der Waals surface area contributed by atoms with Crippen LogP contribution in [0.25, 0.3) is 16.9 Å². The molecule has 24 heavy (non-hydrogen) atoms. The smallest absolute Gasteiger partial charge is 0.303 e. The van der Waals surface area contributed by atoms with E-state index in [-0.39, 0.29) is 13.2 Å². The monoisotopic (exact) mass is 324 g/mol. The van der Waals surface area contributed by atoms with Crippen LogP contribution in [0.3, 0.4) is 0 Å². The first kappa shape index (κ1) is 14.6. The van der Waals surface area contributed by atoms with Crippen LogP contribution in [0.4, 0.5) is 0 Å². The molecule has 0 spiro atoms. The van der Waals surface area contributed by atoms with Gasteiger partial charge in [-0.05, 0) is 42.8 Å². The van der Waals surface area contributed by atoms with Gasteiger partial charge in [-0.2, -0.15) is 0 Å². The number of benzene rings is 1. The minimum Gasteiger partial charge on any atom is -0.481 e. The van der Waals surface area contributed by atoms with Gasteiger partial charge in [0, 0.05) is 18.2 Å². The number of rotatable bonds is 4. The number of fused-ring (bicyclic) bond motifs is 2. The Kier molecular flexibility index (Phi) is 3.37. The second kappa shape index (κ2) is 5.56. The fraction of sp³-hybridized carbons (Fsp3) is 0.222. The number of aromatic nitrogens is 2. The number of hydrogen-bond donors (Lipinski definition) is 1. The minimum atomic E-state index is -0.825. The van der Waals surface area contributed by atoms with E-state index in [1.54, 1.807) is 0 Å². The molecule has 122 valence electrons. The molecule has 0 saturated carbocycles. The summed E-state index contributed by atoms with van der Waals surface area (Å²) in [6.07, 6.45) is 2.40. The van der Waals surface area contributed by atoms with E-state index in [9.17, 15) is 4.79 Å². The summed E-state index contributed by atoms with van der Waals surface area (Å²) >= 11 is 0. The van der Waals surface area contributed by atoms with Crippen LogP contribution in [-0.4, -0.2) is 27.3 Å². The molecule has 6 nitrogen and oxygen atoms in total. The zero-order valence-corrected chi connectivity index (χ0v) is 13.2. The topological polar surface area (TPSA) is 73.1 Å². The number of carbonyl (C=O) groups is 1. The van der Waals surface area contributed by atoms with Crippen LogP contribution in [0.15, 0.2) is 36.5 Å². The van der Waals surface area contributed by atoms with Gasteiger partial charge in [0.25, 0.3) is 0 Å². The molecular weight excluding hydrogens is 308 g/mol. The molecule has 0 unspecified atom stereocenters. The van der Waals surface area contributed by atoms with Gasteiger partial charge in [0.05, 0.1) is 17.8 Å². The molecule has 0 atom stereocenters. The lowest BCUT2D eigenvalue weighted by atomic mass is 10.1. The third kappa shape index (κ3) is 2.46. The van der Waals surface area contributed by atoms with E-state index in [1.807, 2.05) is 47.9 Å². The molecule has 6 heteroatoms. The van der Waals surface area contributed by atoms with Gasteiger partial charge < -0.3 is 19.0 Å². The van der Waals surface area contributed by atoms with Crippen molar-refractivity contribution < 1.29 is 19.4 Å². The van der Waals surface area contributed by atoms with Crippen LogP contribution in [0.1, 0.15) is 17.7 Å². The van der Waals surface area contributed by atoms with Crippen molar-refractivity contribution >= 4 is 11.6 Å². The van der Waals surface area contributed by atoms with Gasteiger partial charge in [0.2, 0.25) is 6.79 Å². The molecule has 3 heterocycles. The first-order valence-electron chi connectivity index (χ1n) is 7.71. The van der Waals surface area contributed by atoms with Gasteiger partial charge in [-0.1, -0.05) is 0 Å². The summed E-state index contributed by atoms with van der Waals surface area (Å²) in [6.45, 7) is 2.22. The van der Waals surface area contributed by atoms with Crippen molar-refractivity contribution in [3.63, 3.8) is 0 Å². The van der Waals surface area contributed by atoms with Gasteiger partial charge in [-0.25, -0.2) is 4.98 Å². The predicted molar refractivity (Wildman–Crippen MR) is 87.4 cm³/mol. The molecule has 0 radical (unpaired) electrons. The lowest BCUT2D eigenvalue weighted by Gasteiger charge is -2.05. The Morgan fingerprint density at radius 3 is 2.92 bits per heavy atom. The number of carboxylic acid groups (broad SMARTS) is 1. The number of aryl methyl sites for hydroxylation is 2. The van der Waals surface area contributed by atoms with E-state index in [1.165, 1.54) is 0 Å². The molecule has 2 aromatic heterocycles. The normalized spacial score (nSPS) is 12.7. The van der Waals surface area contributed by atoms with E-state index in [2.05, 4.69) is 0 Å². The largest absolute Gasteiger partial charge is 0.481 e. The molecule has 0 aliphatic carbocycles. The van der Waals surface area contributed by atoms with Crippen molar-refractivity contribution in [3.05, 3.63) is 47.8 Å². The van der Waals surface area contributed by atoms with Crippen LogP contribution in [0, 0.1) is 6.92 Å². The molecule has 4 rings (SSSR count). The maximum Gasteiger partial charge on any atom is 0.303 e. The lowest BCUT2D eigenvalue weighted by Crippen LogP contribution is -2.01. The highest BCUT2D eigenvalue weighted by atomic mass is 16.7. The number of ether oxygens (including phenoxy) is 2. The lowest BCUT2D eigenvalue weighted by molar-refractivity contribution is -0.136. The molecular formula is C18H16N2O4. The first-order chi connectivity index (χ1) is 11.6. The van der Waals surface area contributed by atoms with E-state index in [0.717, 1.165) is 28.2 Å². The second-order valence-corrected chi connectivity index (χ2v) is 5.80. The van der Waals surface area contributed by atoms with Crippen LogP contribution >= 0.6 is 0 Å². The molecule has 0 amide bonds. The maximum atomic E-state index is 11.0. The van der Waals surface area contributed by atoms with Crippen LogP contribution < -0.4 is 9.47 Å². The van der Waals surface area contributed by atoms with E-state index in [4.69, 9.17) is 19.6 Å². The van der Waals surface area contributed by atoms with Crippen molar-refractivity contribution in [2.24, 2.45) is 0 Å². The Bertz CT molecular complexity index is 946. The average molecular weight is 324 g/mol. The minimum absolute atomic E-state index is 0.0548. The zero-order chi connectivity index (χ0) is 16.7. The van der Waals surface area contributed by atoms with Crippen molar-refractivity contribution in [2.45, 2.75) is 19.8 Å². The number of imidazole rings is 1. The summed E-state index contributed by atoms with van der Waals surface area (Å²) in [5, 5.41) is 9.05. The van der Waals surface area contributed by atoms with Crippen molar-refractivity contribution in [1.29, 1.82) is 0 Å². The fourth-order valence-corrected chi connectivity index (χ4v) is 2.94. The summed E-state index contributed by atoms with van der Waals surface area (Å²) in [5.41, 5.74) is 4.46. The molecule has 1 N–H and O–H groups in total. The molecule has 1 aromatic carbocycles. The Balaban J connectivity index is 1.86.